The van der Waals surface area contributed by atoms with Gasteiger partial charge >= 0.3 is 0 Å². The van der Waals surface area contributed by atoms with Gasteiger partial charge in [0, 0.05) is 22.5 Å². The molecule has 1 amide bonds. The number of halogens is 1. The number of hydrogen-bond acceptors (Lipinski definition) is 4. The van der Waals surface area contributed by atoms with Crippen LogP contribution in [0.25, 0.3) is 5.78 Å². The average molecular weight is 362 g/mol. The van der Waals surface area contributed by atoms with E-state index in [0.29, 0.717) is 23.6 Å². The van der Waals surface area contributed by atoms with Crippen molar-refractivity contribution < 1.29 is 4.79 Å². The molecule has 22 heavy (non-hydrogen) atoms. The largest absolute Gasteiger partial charge is 0.306 e. The van der Waals surface area contributed by atoms with Crippen LogP contribution in [0, 0.1) is 0 Å². The van der Waals surface area contributed by atoms with Crippen molar-refractivity contribution in [1.29, 1.82) is 0 Å². The van der Waals surface area contributed by atoms with Gasteiger partial charge in [-0.05, 0) is 18.2 Å². The zero-order valence-corrected chi connectivity index (χ0v) is 13.2. The van der Waals surface area contributed by atoms with E-state index >= 15 is 0 Å². The van der Waals surface area contributed by atoms with Gasteiger partial charge in [0.05, 0.1) is 0 Å². The minimum atomic E-state index is -0.355. The first-order chi connectivity index (χ1) is 10.6. The lowest BCUT2D eigenvalue weighted by Crippen LogP contribution is -2.18. The molecule has 0 atom stereocenters. The van der Waals surface area contributed by atoms with Crippen LogP contribution in [0.15, 0.2) is 39.6 Å². The number of anilines is 1. The molecule has 0 bridgehead atoms. The van der Waals surface area contributed by atoms with Crippen LogP contribution in [0.4, 0.5) is 5.82 Å². The molecule has 2 N–H and O–H groups in total. The van der Waals surface area contributed by atoms with Crippen molar-refractivity contribution in [2.24, 2.45) is 0 Å². The van der Waals surface area contributed by atoms with Gasteiger partial charge < -0.3 is 5.32 Å². The molecule has 112 valence electrons. The van der Waals surface area contributed by atoms with Crippen LogP contribution < -0.4 is 10.9 Å². The van der Waals surface area contributed by atoms with Gasteiger partial charge in [-0.25, -0.2) is 0 Å². The number of H-pyrrole nitrogens is 1. The molecule has 0 saturated carbocycles. The van der Waals surface area contributed by atoms with Crippen LogP contribution in [0.1, 0.15) is 23.1 Å². The normalized spacial score (nSPS) is 10.8. The van der Waals surface area contributed by atoms with E-state index in [4.69, 9.17) is 0 Å². The number of aromatic nitrogens is 4. The third-order valence-corrected chi connectivity index (χ3v) is 3.52. The molecule has 3 rings (SSSR count). The van der Waals surface area contributed by atoms with Crippen LogP contribution in [-0.4, -0.2) is 25.5 Å². The van der Waals surface area contributed by atoms with Gasteiger partial charge in [-0.2, -0.15) is 9.50 Å². The number of fused-ring (bicyclic) bond motifs is 1. The highest BCUT2D eigenvalue weighted by molar-refractivity contribution is 9.10. The zero-order valence-electron chi connectivity index (χ0n) is 11.6. The molecule has 3 aromatic rings. The summed E-state index contributed by atoms with van der Waals surface area (Å²) in [5.74, 6) is 0.825. The molecule has 0 radical (unpaired) electrons. The predicted molar refractivity (Wildman–Crippen MR) is 85.1 cm³/mol. The standard InChI is InChI=1S/C14H12BrN5O2/c1-2-10-16-14-18-12(21)7-11(20(14)19-10)17-13(22)8-4-3-5-9(15)6-8/h3-7H,2H2,1H3,(H,17,22)(H,16,18,19,21). The molecule has 8 heteroatoms. The summed E-state index contributed by atoms with van der Waals surface area (Å²) in [6.45, 7) is 1.91. The van der Waals surface area contributed by atoms with Crippen LogP contribution >= 0.6 is 15.9 Å². The molecule has 0 aliphatic carbocycles. The Morgan fingerprint density at radius 2 is 2.23 bits per heavy atom. The van der Waals surface area contributed by atoms with Gasteiger partial charge in [0.1, 0.15) is 5.82 Å². The quantitative estimate of drug-likeness (QED) is 0.746. The molecule has 0 aliphatic rings. The molecule has 0 unspecified atom stereocenters. The lowest BCUT2D eigenvalue weighted by atomic mass is 10.2. The van der Waals surface area contributed by atoms with Crippen LogP contribution in [0.2, 0.25) is 0 Å². The zero-order chi connectivity index (χ0) is 15.7. The number of hydrogen-bond donors (Lipinski definition) is 2. The van der Waals surface area contributed by atoms with Crippen LogP contribution in [-0.2, 0) is 6.42 Å². The van der Waals surface area contributed by atoms with Crippen LogP contribution in [0.3, 0.4) is 0 Å². The van der Waals surface area contributed by atoms with E-state index in [1.54, 1.807) is 18.2 Å². The number of nitrogens with one attached hydrogen (secondary N) is 2. The Morgan fingerprint density at radius 1 is 1.41 bits per heavy atom. The summed E-state index contributed by atoms with van der Waals surface area (Å²) in [6.07, 6.45) is 0.628. The number of carbonyl (C=O) groups is 1. The Bertz CT molecular complexity index is 915. The van der Waals surface area contributed by atoms with Crippen molar-refractivity contribution in [2.75, 3.05) is 5.32 Å². The van der Waals surface area contributed by atoms with Crippen LogP contribution in [0.5, 0.6) is 0 Å². The van der Waals surface area contributed by atoms with Crippen molar-refractivity contribution in [3.63, 3.8) is 0 Å². The summed E-state index contributed by atoms with van der Waals surface area (Å²) >= 11 is 3.32. The molecule has 2 heterocycles. The molecule has 0 aliphatic heterocycles. The average Bonchev–Trinajstić information content (AvgIpc) is 2.90. The van der Waals surface area contributed by atoms with Gasteiger partial charge in [0.2, 0.25) is 5.78 Å². The first-order valence-electron chi connectivity index (χ1n) is 6.62. The van der Waals surface area contributed by atoms with Gasteiger partial charge in [-0.15, -0.1) is 5.10 Å². The summed E-state index contributed by atoms with van der Waals surface area (Å²) in [6, 6.07) is 8.24. The highest BCUT2D eigenvalue weighted by Gasteiger charge is 2.12. The van der Waals surface area contributed by atoms with Gasteiger partial charge in [0.15, 0.2) is 5.82 Å². The Kier molecular flexibility index (Phi) is 3.76. The molecule has 2 aromatic heterocycles. The van der Waals surface area contributed by atoms with E-state index < -0.39 is 0 Å². The fraction of sp³-hybridized carbons (Fsp3) is 0.143. The summed E-state index contributed by atoms with van der Waals surface area (Å²) in [7, 11) is 0. The van der Waals surface area contributed by atoms with Gasteiger partial charge in [-0.1, -0.05) is 28.9 Å². The fourth-order valence-electron chi connectivity index (χ4n) is 1.99. The topological polar surface area (TPSA) is 92.1 Å². The fourth-order valence-corrected chi connectivity index (χ4v) is 2.39. The van der Waals surface area contributed by atoms with E-state index in [0.717, 1.165) is 4.47 Å². The number of aryl methyl sites for hydroxylation is 1. The van der Waals surface area contributed by atoms with Crippen molar-refractivity contribution in [3.8, 4) is 0 Å². The molecule has 0 fully saturated rings. The number of benzene rings is 1. The first-order valence-corrected chi connectivity index (χ1v) is 7.42. The number of amides is 1. The SMILES string of the molecule is CCc1nc2[nH]c(=O)cc(NC(=O)c3cccc(Br)c3)n2n1. The Hall–Kier alpha value is -2.48. The molecular weight excluding hydrogens is 350 g/mol. The highest BCUT2D eigenvalue weighted by atomic mass is 79.9. The smallest absolute Gasteiger partial charge is 0.256 e. The lowest BCUT2D eigenvalue weighted by molar-refractivity contribution is 0.102. The van der Waals surface area contributed by atoms with E-state index in [9.17, 15) is 9.59 Å². The maximum atomic E-state index is 12.3. The molecule has 0 spiro atoms. The maximum absolute atomic E-state index is 12.3. The van der Waals surface area contributed by atoms with E-state index in [1.807, 2.05) is 13.0 Å². The predicted octanol–water partition coefficient (Wildman–Crippen LogP) is 1.99. The van der Waals surface area contributed by atoms with Crippen molar-refractivity contribution in [2.45, 2.75) is 13.3 Å². The Labute approximate surface area is 133 Å². The van der Waals surface area contributed by atoms with Gasteiger partial charge in [-0.3, -0.25) is 14.6 Å². The number of carbonyl (C=O) groups excluding carboxylic acids is 1. The highest BCUT2D eigenvalue weighted by Crippen LogP contribution is 2.14. The summed E-state index contributed by atoms with van der Waals surface area (Å²) in [5, 5.41) is 6.94. The summed E-state index contributed by atoms with van der Waals surface area (Å²) in [4.78, 5) is 30.7. The molecule has 0 saturated heterocycles. The lowest BCUT2D eigenvalue weighted by Gasteiger charge is -2.06. The third kappa shape index (κ3) is 2.77. The van der Waals surface area contributed by atoms with E-state index in [-0.39, 0.29) is 17.3 Å². The van der Waals surface area contributed by atoms with Crippen molar-refractivity contribution in [3.05, 3.63) is 56.5 Å². The molecule has 7 nitrogen and oxygen atoms in total. The molecule has 1 aromatic carbocycles. The van der Waals surface area contributed by atoms with E-state index in [1.165, 1.54) is 10.6 Å². The van der Waals surface area contributed by atoms with Crippen molar-refractivity contribution >= 4 is 33.4 Å². The van der Waals surface area contributed by atoms with Gasteiger partial charge in [0.25, 0.3) is 11.5 Å². The van der Waals surface area contributed by atoms with Crippen molar-refractivity contribution in [1.82, 2.24) is 19.6 Å². The molecular formula is C14H12BrN5O2. The number of aromatic amines is 1. The Balaban J connectivity index is 2.01. The minimum Gasteiger partial charge on any atom is -0.306 e. The second-order valence-electron chi connectivity index (χ2n) is 4.60. The summed E-state index contributed by atoms with van der Waals surface area (Å²) < 4.78 is 2.21. The second-order valence-corrected chi connectivity index (χ2v) is 5.52. The van der Waals surface area contributed by atoms with E-state index in [2.05, 4.69) is 36.3 Å². The first kappa shape index (κ1) is 14.5. The summed E-state index contributed by atoms with van der Waals surface area (Å²) in [5.41, 5.74) is 0.116. The minimum absolute atomic E-state index is 0.274. The monoisotopic (exact) mass is 361 g/mol. The number of rotatable bonds is 3. The maximum Gasteiger partial charge on any atom is 0.256 e. The second kappa shape index (κ2) is 5.72. The third-order valence-electron chi connectivity index (χ3n) is 3.03. The number of nitrogens with zero attached hydrogens (tertiary/aromatic N) is 3. The Morgan fingerprint density at radius 3 is 2.95 bits per heavy atom.